The Kier molecular flexibility index (Phi) is 4.62. The number of hydrogen-bond donors (Lipinski definition) is 0. The molecule has 0 saturated heterocycles. The summed E-state index contributed by atoms with van der Waals surface area (Å²) in [5, 5.41) is 0. The second-order valence-corrected chi connectivity index (χ2v) is 6.22. The van der Waals surface area contributed by atoms with E-state index in [1.807, 2.05) is 0 Å². The highest BCUT2D eigenvalue weighted by Gasteiger charge is 2.34. The van der Waals surface area contributed by atoms with E-state index >= 15 is 0 Å². The van der Waals surface area contributed by atoms with Crippen molar-refractivity contribution in [2.24, 2.45) is 7.05 Å². The van der Waals surface area contributed by atoms with E-state index in [0.29, 0.717) is 16.7 Å². The van der Waals surface area contributed by atoms with Gasteiger partial charge in [-0.2, -0.15) is 0 Å². The second-order valence-electron chi connectivity index (χ2n) is 6.22. The van der Waals surface area contributed by atoms with Gasteiger partial charge in [-0.3, -0.25) is 14.5 Å². The molecule has 3 rings (SSSR count). The number of aromatic nitrogens is 2. The maximum absolute atomic E-state index is 14.8. The number of ether oxygens (including phenoxy) is 1. The lowest BCUT2D eigenvalue weighted by atomic mass is 10.1. The SMILES string of the molecule is C#CCN1C(=O)C(CC)Oc2cc(F)c(-n3c(=O)cc(C)n(C)c3=O)cc21. The maximum atomic E-state index is 14.8. The molecule has 1 aliphatic rings. The number of rotatable bonds is 3. The van der Waals surface area contributed by atoms with Crippen molar-refractivity contribution in [2.75, 3.05) is 11.4 Å². The molecule has 140 valence electrons. The van der Waals surface area contributed by atoms with Crippen molar-refractivity contribution in [3.05, 3.63) is 50.5 Å². The van der Waals surface area contributed by atoms with Crippen molar-refractivity contribution in [3.8, 4) is 23.8 Å². The number of benzene rings is 1. The molecule has 2 heterocycles. The Hall–Kier alpha value is -3.34. The number of anilines is 1. The first-order chi connectivity index (χ1) is 12.8. The van der Waals surface area contributed by atoms with Crippen molar-refractivity contribution in [2.45, 2.75) is 26.4 Å². The minimum absolute atomic E-state index is 0.0441. The summed E-state index contributed by atoms with van der Waals surface area (Å²) < 4.78 is 22.3. The van der Waals surface area contributed by atoms with E-state index in [9.17, 15) is 18.8 Å². The van der Waals surface area contributed by atoms with Gasteiger partial charge in [0, 0.05) is 24.9 Å². The number of aryl methyl sites for hydroxylation is 1. The van der Waals surface area contributed by atoms with Gasteiger partial charge >= 0.3 is 5.69 Å². The number of carbonyl (C=O) groups is 1. The van der Waals surface area contributed by atoms with E-state index in [2.05, 4.69) is 5.92 Å². The zero-order valence-corrected chi connectivity index (χ0v) is 15.2. The lowest BCUT2D eigenvalue weighted by Crippen LogP contribution is -2.46. The van der Waals surface area contributed by atoms with E-state index < -0.39 is 23.2 Å². The van der Waals surface area contributed by atoms with Gasteiger partial charge in [-0.1, -0.05) is 12.8 Å². The average molecular weight is 371 g/mol. The van der Waals surface area contributed by atoms with E-state index in [-0.39, 0.29) is 29.6 Å². The molecular formula is C19H18FN3O4. The van der Waals surface area contributed by atoms with Gasteiger partial charge in [0.05, 0.1) is 17.9 Å². The van der Waals surface area contributed by atoms with Crippen LogP contribution in [0.3, 0.4) is 0 Å². The topological polar surface area (TPSA) is 73.5 Å². The highest BCUT2D eigenvalue weighted by molar-refractivity contribution is 6.00. The Labute approximate surface area is 154 Å². The molecule has 1 atom stereocenters. The van der Waals surface area contributed by atoms with Crippen LogP contribution in [0.25, 0.3) is 5.69 Å². The van der Waals surface area contributed by atoms with Gasteiger partial charge in [-0.25, -0.2) is 13.8 Å². The quantitative estimate of drug-likeness (QED) is 0.758. The molecule has 27 heavy (non-hydrogen) atoms. The van der Waals surface area contributed by atoms with Gasteiger partial charge in [0.2, 0.25) is 0 Å². The molecular weight excluding hydrogens is 353 g/mol. The van der Waals surface area contributed by atoms with Crippen molar-refractivity contribution in [1.82, 2.24) is 9.13 Å². The molecule has 0 N–H and O–H groups in total. The van der Waals surface area contributed by atoms with Gasteiger partial charge in [0.25, 0.3) is 11.5 Å². The molecule has 7 nitrogen and oxygen atoms in total. The van der Waals surface area contributed by atoms with Gasteiger partial charge in [-0.05, 0) is 19.4 Å². The van der Waals surface area contributed by atoms with Crippen LogP contribution >= 0.6 is 0 Å². The summed E-state index contributed by atoms with van der Waals surface area (Å²) in [7, 11) is 1.48. The number of amides is 1. The molecule has 0 bridgehead atoms. The number of hydrogen-bond acceptors (Lipinski definition) is 4. The first kappa shape index (κ1) is 18.5. The van der Waals surface area contributed by atoms with Crippen LogP contribution in [0.4, 0.5) is 10.1 Å². The fourth-order valence-electron chi connectivity index (χ4n) is 2.97. The van der Waals surface area contributed by atoms with Crippen LogP contribution in [0.1, 0.15) is 19.0 Å². The van der Waals surface area contributed by atoms with Crippen LogP contribution in [0.2, 0.25) is 0 Å². The third kappa shape index (κ3) is 2.91. The molecule has 1 aliphatic heterocycles. The molecule has 1 unspecified atom stereocenters. The second kappa shape index (κ2) is 6.76. The van der Waals surface area contributed by atoms with Crippen molar-refractivity contribution >= 4 is 11.6 Å². The highest BCUT2D eigenvalue weighted by atomic mass is 19.1. The highest BCUT2D eigenvalue weighted by Crippen LogP contribution is 2.37. The summed E-state index contributed by atoms with van der Waals surface area (Å²) in [5.41, 5.74) is -0.983. The summed E-state index contributed by atoms with van der Waals surface area (Å²) >= 11 is 0. The summed E-state index contributed by atoms with van der Waals surface area (Å²) in [5.74, 6) is 1.35. The minimum atomic E-state index is -0.818. The Morgan fingerprint density at radius 1 is 1.22 bits per heavy atom. The van der Waals surface area contributed by atoms with Crippen LogP contribution < -0.4 is 20.9 Å². The van der Waals surface area contributed by atoms with E-state index in [0.717, 1.165) is 6.07 Å². The van der Waals surface area contributed by atoms with E-state index in [1.54, 1.807) is 13.8 Å². The standard InChI is InChI=1S/C19H18FN3O4/c1-5-7-22-14-10-13(23-17(24)8-11(3)21(4)19(23)26)12(20)9-16(14)27-15(6-2)18(22)25/h1,8-10,15H,6-7H2,2-4H3. The predicted molar refractivity (Wildman–Crippen MR) is 97.9 cm³/mol. The van der Waals surface area contributed by atoms with Crippen molar-refractivity contribution in [1.29, 1.82) is 0 Å². The first-order valence-electron chi connectivity index (χ1n) is 8.35. The largest absolute Gasteiger partial charge is 0.478 e. The number of halogens is 1. The number of fused-ring (bicyclic) bond motifs is 1. The zero-order valence-electron chi connectivity index (χ0n) is 15.2. The molecule has 8 heteroatoms. The fraction of sp³-hybridized carbons (Fsp3) is 0.316. The average Bonchev–Trinajstić information content (AvgIpc) is 2.63. The molecule has 1 amide bonds. The number of nitrogens with zero attached hydrogens (tertiary/aromatic N) is 3. The Balaban J connectivity index is 2.28. The molecule has 2 aromatic rings. The number of carbonyl (C=O) groups excluding carboxylic acids is 1. The molecule has 1 aromatic carbocycles. The molecule has 1 aromatic heterocycles. The van der Waals surface area contributed by atoms with Gasteiger partial charge in [-0.15, -0.1) is 6.42 Å². The lowest BCUT2D eigenvalue weighted by molar-refractivity contribution is -0.126. The summed E-state index contributed by atoms with van der Waals surface area (Å²) in [4.78, 5) is 38.7. The third-order valence-electron chi connectivity index (χ3n) is 4.55. The summed E-state index contributed by atoms with van der Waals surface area (Å²) in [6.45, 7) is 3.32. The fourth-order valence-corrected chi connectivity index (χ4v) is 2.97. The van der Waals surface area contributed by atoms with E-state index in [4.69, 9.17) is 11.2 Å². The molecule has 0 saturated carbocycles. The minimum Gasteiger partial charge on any atom is -0.478 e. The van der Waals surface area contributed by atoms with Gasteiger partial charge in [0.15, 0.2) is 11.9 Å². The zero-order chi connectivity index (χ0) is 19.9. The smallest absolute Gasteiger partial charge is 0.335 e. The van der Waals surface area contributed by atoms with Crippen LogP contribution in [0.15, 0.2) is 27.8 Å². The molecule has 0 aliphatic carbocycles. The van der Waals surface area contributed by atoms with Gasteiger partial charge < -0.3 is 9.30 Å². The Bertz CT molecular complexity index is 1090. The lowest BCUT2D eigenvalue weighted by Gasteiger charge is -2.33. The normalized spacial score (nSPS) is 15.9. The molecule has 0 spiro atoms. The molecule has 0 fully saturated rings. The van der Waals surface area contributed by atoms with Gasteiger partial charge in [0.1, 0.15) is 5.75 Å². The number of terminal acetylenes is 1. The van der Waals surface area contributed by atoms with Crippen LogP contribution in [-0.2, 0) is 11.8 Å². The van der Waals surface area contributed by atoms with Crippen molar-refractivity contribution < 1.29 is 13.9 Å². The summed E-state index contributed by atoms with van der Waals surface area (Å²) in [6.07, 6.45) is 4.98. The summed E-state index contributed by atoms with van der Waals surface area (Å²) in [6, 6.07) is 3.53. The predicted octanol–water partition coefficient (Wildman–Crippen LogP) is 1.12. The maximum Gasteiger partial charge on any atom is 0.335 e. The van der Waals surface area contributed by atoms with Crippen LogP contribution in [0.5, 0.6) is 5.75 Å². The Morgan fingerprint density at radius 2 is 1.93 bits per heavy atom. The third-order valence-corrected chi connectivity index (χ3v) is 4.55. The monoisotopic (exact) mass is 371 g/mol. The molecule has 0 radical (unpaired) electrons. The van der Waals surface area contributed by atoms with Crippen LogP contribution in [-0.4, -0.2) is 27.7 Å². The first-order valence-corrected chi connectivity index (χ1v) is 8.35. The van der Waals surface area contributed by atoms with Crippen LogP contribution in [0, 0.1) is 25.1 Å². The Morgan fingerprint density at radius 3 is 2.56 bits per heavy atom. The van der Waals surface area contributed by atoms with Crippen molar-refractivity contribution in [3.63, 3.8) is 0 Å². The van der Waals surface area contributed by atoms with E-state index in [1.165, 1.54) is 28.6 Å².